The first-order valence-corrected chi connectivity index (χ1v) is 7.44. The minimum Gasteiger partial charge on any atom is -0.495 e. The number of ether oxygens (including phenoxy) is 1. The summed E-state index contributed by atoms with van der Waals surface area (Å²) in [6.07, 6.45) is 0. The molecule has 0 atom stereocenters. The van der Waals surface area contributed by atoms with Gasteiger partial charge in [0.1, 0.15) is 5.75 Å². The van der Waals surface area contributed by atoms with E-state index >= 15 is 0 Å². The van der Waals surface area contributed by atoms with Crippen LogP contribution in [-0.4, -0.2) is 18.2 Å². The van der Waals surface area contributed by atoms with Crippen LogP contribution in [0, 0.1) is 0 Å². The molecule has 110 valence electrons. The van der Waals surface area contributed by atoms with E-state index in [0.29, 0.717) is 17.1 Å². The van der Waals surface area contributed by atoms with Crippen LogP contribution in [0.3, 0.4) is 0 Å². The number of rotatable bonds is 4. The lowest BCUT2D eigenvalue weighted by molar-refractivity contribution is 0.0697. The normalized spacial score (nSPS) is 10.2. The number of carboxylic acids is 1. The Morgan fingerprint density at radius 2 is 1.90 bits per heavy atom. The molecule has 4 N–H and O–H groups in total. The summed E-state index contributed by atoms with van der Waals surface area (Å²) in [5.74, 6) is -0.346. The molecule has 2 rings (SSSR count). The molecule has 5 nitrogen and oxygen atoms in total. The third kappa shape index (κ3) is 3.48. The molecule has 7 heteroatoms. The predicted octanol–water partition coefficient (Wildman–Crippen LogP) is 4.24. The zero-order valence-electron chi connectivity index (χ0n) is 11.0. The molecule has 0 amide bonds. The standard InChI is InChI=1S/C14H12Br2N2O3/c1-21-13-6-12(8(15)5-9(13)16)18-11-3-2-7(14(19)20)4-10(11)17/h2-6,18H,17H2,1H3,(H,19,20). The first kappa shape index (κ1) is 15.7. The fourth-order valence-electron chi connectivity index (χ4n) is 1.74. The van der Waals surface area contributed by atoms with Gasteiger partial charge in [-0.1, -0.05) is 0 Å². The number of nitrogens with one attached hydrogen (secondary N) is 1. The maximum Gasteiger partial charge on any atom is 0.335 e. The first-order valence-electron chi connectivity index (χ1n) is 5.85. The highest BCUT2D eigenvalue weighted by atomic mass is 79.9. The Balaban J connectivity index is 2.36. The fourth-order valence-corrected chi connectivity index (χ4v) is 2.99. The Kier molecular flexibility index (Phi) is 4.74. The van der Waals surface area contributed by atoms with Gasteiger partial charge in [-0.3, -0.25) is 0 Å². The number of aromatic carboxylic acids is 1. The number of benzene rings is 2. The second-order valence-corrected chi connectivity index (χ2v) is 5.91. The molecule has 0 bridgehead atoms. The molecule has 0 fully saturated rings. The SMILES string of the molecule is COc1cc(Nc2ccc(C(=O)O)cc2N)c(Br)cc1Br. The van der Waals surface area contributed by atoms with Crippen molar-refractivity contribution in [2.45, 2.75) is 0 Å². The van der Waals surface area contributed by atoms with Crippen LogP contribution in [0.1, 0.15) is 10.4 Å². The van der Waals surface area contributed by atoms with Crippen molar-refractivity contribution in [1.82, 2.24) is 0 Å². The maximum absolute atomic E-state index is 10.9. The van der Waals surface area contributed by atoms with Gasteiger partial charge >= 0.3 is 5.97 Å². The van der Waals surface area contributed by atoms with Gasteiger partial charge in [-0.05, 0) is 56.1 Å². The molecule has 21 heavy (non-hydrogen) atoms. The van der Waals surface area contributed by atoms with E-state index < -0.39 is 5.97 Å². The lowest BCUT2D eigenvalue weighted by atomic mass is 10.1. The molecule has 0 heterocycles. The summed E-state index contributed by atoms with van der Waals surface area (Å²) in [7, 11) is 1.58. The van der Waals surface area contributed by atoms with Gasteiger partial charge in [0.25, 0.3) is 0 Å². The highest BCUT2D eigenvalue weighted by Crippen LogP contribution is 2.37. The fraction of sp³-hybridized carbons (Fsp3) is 0.0714. The second kappa shape index (κ2) is 6.36. The monoisotopic (exact) mass is 414 g/mol. The van der Waals surface area contributed by atoms with Crippen molar-refractivity contribution in [2.75, 3.05) is 18.2 Å². The summed E-state index contributed by atoms with van der Waals surface area (Å²) in [6, 6.07) is 8.18. The van der Waals surface area contributed by atoms with Crippen molar-refractivity contribution in [2.24, 2.45) is 0 Å². The van der Waals surface area contributed by atoms with E-state index in [9.17, 15) is 4.79 Å². The van der Waals surface area contributed by atoms with Gasteiger partial charge in [-0.25, -0.2) is 4.79 Å². The van der Waals surface area contributed by atoms with Gasteiger partial charge in [-0.15, -0.1) is 0 Å². The first-order chi connectivity index (χ1) is 9.92. The quantitative estimate of drug-likeness (QED) is 0.650. The zero-order valence-corrected chi connectivity index (χ0v) is 14.2. The van der Waals surface area contributed by atoms with Crippen molar-refractivity contribution in [3.8, 4) is 5.75 Å². The molecular weight excluding hydrogens is 404 g/mol. The van der Waals surface area contributed by atoms with Gasteiger partial charge in [0.15, 0.2) is 0 Å². The van der Waals surface area contributed by atoms with Gasteiger partial charge in [-0.2, -0.15) is 0 Å². The number of nitrogens with two attached hydrogens (primary N) is 1. The molecule has 0 unspecified atom stereocenters. The van der Waals surface area contributed by atoms with E-state index in [0.717, 1.165) is 14.6 Å². The Morgan fingerprint density at radius 1 is 1.19 bits per heavy atom. The summed E-state index contributed by atoms with van der Waals surface area (Å²) >= 11 is 6.84. The molecule has 0 saturated carbocycles. The van der Waals surface area contributed by atoms with E-state index in [4.69, 9.17) is 15.6 Å². The van der Waals surface area contributed by atoms with Gasteiger partial charge in [0.05, 0.1) is 34.2 Å². The summed E-state index contributed by atoms with van der Waals surface area (Å²) in [6.45, 7) is 0. The van der Waals surface area contributed by atoms with Crippen molar-refractivity contribution < 1.29 is 14.6 Å². The summed E-state index contributed by atoms with van der Waals surface area (Å²) in [5, 5.41) is 12.1. The summed E-state index contributed by atoms with van der Waals surface area (Å²) < 4.78 is 6.88. The Bertz CT molecular complexity index is 705. The average Bonchev–Trinajstić information content (AvgIpc) is 2.43. The number of carbonyl (C=O) groups is 1. The third-order valence-corrected chi connectivity index (χ3v) is 4.09. The van der Waals surface area contributed by atoms with Gasteiger partial charge in [0, 0.05) is 10.5 Å². The smallest absolute Gasteiger partial charge is 0.335 e. The van der Waals surface area contributed by atoms with E-state index in [2.05, 4.69) is 37.2 Å². The lowest BCUT2D eigenvalue weighted by Crippen LogP contribution is -2.02. The number of carboxylic acid groups (broad SMARTS) is 1. The van der Waals surface area contributed by atoms with Crippen LogP contribution in [-0.2, 0) is 0 Å². The molecular formula is C14H12Br2N2O3. The minimum absolute atomic E-state index is 0.144. The molecule has 2 aromatic carbocycles. The number of hydrogen-bond donors (Lipinski definition) is 3. The number of methoxy groups -OCH3 is 1. The van der Waals surface area contributed by atoms with E-state index in [1.54, 1.807) is 19.2 Å². The molecule has 0 aliphatic heterocycles. The predicted molar refractivity (Wildman–Crippen MR) is 89.5 cm³/mol. The topological polar surface area (TPSA) is 84.6 Å². The molecule has 0 saturated heterocycles. The van der Waals surface area contributed by atoms with Crippen LogP contribution in [0.5, 0.6) is 5.75 Å². The van der Waals surface area contributed by atoms with Crippen molar-refractivity contribution in [1.29, 1.82) is 0 Å². The van der Waals surface area contributed by atoms with Crippen LogP contribution >= 0.6 is 31.9 Å². The van der Waals surface area contributed by atoms with Crippen molar-refractivity contribution in [3.63, 3.8) is 0 Å². The summed E-state index contributed by atoms with van der Waals surface area (Å²) in [5.41, 5.74) is 7.74. The van der Waals surface area contributed by atoms with Crippen LogP contribution in [0.2, 0.25) is 0 Å². The third-order valence-electron chi connectivity index (χ3n) is 2.81. The molecule has 0 spiro atoms. The second-order valence-electron chi connectivity index (χ2n) is 4.20. The largest absolute Gasteiger partial charge is 0.495 e. The van der Waals surface area contributed by atoms with Crippen LogP contribution < -0.4 is 15.8 Å². The Labute approximate surface area is 138 Å². The minimum atomic E-state index is -1.01. The zero-order chi connectivity index (χ0) is 15.6. The van der Waals surface area contributed by atoms with Crippen LogP contribution in [0.4, 0.5) is 17.1 Å². The lowest BCUT2D eigenvalue weighted by Gasteiger charge is -2.14. The number of hydrogen-bond acceptors (Lipinski definition) is 4. The highest BCUT2D eigenvalue weighted by molar-refractivity contribution is 9.11. The van der Waals surface area contributed by atoms with E-state index in [1.807, 2.05) is 6.07 Å². The van der Waals surface area contributed by atoms with E-state index in [-0.39, 0.29) is 5.56 Å². The number of halogens is 2. The highest BCUT2D eigenvalue weighted by Gasteiger charge is 2.10. The van der Waals surface area contributed by atoms with Crippen LogP contribution in [0.25, 0.3) is 0 Å². The van der Waals surface area contributed by atoms with Crippen molar-refractivity contribution in [3.05, 3.63) is 44.8 Å². The molecule has 0 aliphatic carbocycles. The average molecular weight is 416 g/mol. The number of anilines is 3. The van der Waals surface area contributed by atoms with Gasteiger partial charge < -0.3 is 20.9 Å². The molecule has 0 aromatic heterocycles. The molecule has 0 radical (unpaired) electrons. The Hall–Kier alpha value is -1.73. The Morgan fingerprint density at radius 3 is 2.48 bits per heavy atom. The number of nitrogen functional groups attached to an aromatic ring is 1. The molecule has 2 aromatic rings. The molecule has 0 aliphatic rings. The van der Waals surface area contributed by atoms with Gasteiger partial charge in [0.2, 0.25) is 0 Å². The van der Waals surface area contributed by atoms with Crippen molar-refractivity contribution >= 4 is 54.9 Å². The van der Waals surface area contributed by atoms with Crippen LogP contribution in [0.15, 0.2) is 39.3 Å². The van der Waals surface area contributed by atoms with E-state index in [1.165, 1.54) is 12.1 Å². The maximum atomic E-state index is 10.9. The summed E-state index contributed by atoms with van der Waals surface area (Å²) in [4.78, 5) is 10.9.